The lowest BCUT2D eigenvalue weighted by Crippen LogP contribution is -2.48. The van der Waals surface area contributed by atoms with E-state index < -0.39 is 35.8 Å². The van der Waals surface area contributed by atoms with E-state index in [0.29, 0.717) is 22.2 Å². The topological polar surface area (TPSA) is 87.2 Å². The number of rotatable bonds is 7. The Balaban J connectivity index is 1.26. The average Bonchev–Trinajstić information content (AvgIpc) is 3.44. The van der Waals surface area contributed by atoms with Gasteiger partial charge in [0.25, 0.3) is 0 Å². The molecule has 6 rings (SSSR count). The molecule has 3 atom stereocenters. The van der Waals surface area contributed by atoms with Gasteiger partial charge < -0.3 is 15.2 Å². The fourth-order valence-corrected chi connectivity index (χ4v) is 5.70. The highest BCUT2D eigenvalue weighted by atomic mass is 19.1. The van der Waals surface area contributed by atoms with Crippen LogP contribution >= 0.6 is 0 Å². The number of benzene rings is 3. The molecule has 9 heteroatoms. The molecule has 1 saturated heterocycles. The highest BCUT2D eigenvalue weighted by Crippen LogP contribution is 2.48. The van der Waals surface area contributed by atoms with Gasteiger partial charge in [-0.2, -0.15) is 0 Å². The van der Waals surface area contributed by atoms with E-state index in [1.807, 2.05) is 43.3 Å². The Hall–Kier alpha value is -4.27. The molecule has 0 bridgehead atoms. The van der Waals surface area contributed by atoms with E-state index in [1.165, 1.54) is 15.5 Å². The van der Waals surface area contributed by atoms with Gasteiger partial charge in [-0.1, -0.05) is 61.5 Å². The third-order valence-electron chi connectivity index (χ3n) is 8.24. The van der Waals surface area contributed by atoms with Crippen molar-refractivity contribution in [2.75, 3.05) is 6.54 Å². The lowest BCUT2D eigenvalue weighted by Gasteiger charge is -2.27. The summed E-state index contributed by atoms with van der Waals surface area (Å²) < 4.78 is 31.1. The summed E-state index contributed by atoms with van der Waals surface area (Å²) in [6.07, 6.45) is 0.324. The van der Waals surface area contributed by atoms with E-state index in [2.05, 4.69) is 10.3 Å². The van der Waals surface area contributed by atoms with Crippen LogP contribution in [-0.2, 0) is 21.5 Å². The van der Waals surface area contributed by atoms with Crippen LogP contribution in [0.15, 0.2) is 77.6 Å². The second-order valence-electron chi connectivity index (χ2n) is 11.1. The smallest absolute Gasteiger partial charge is 0.326 e. The van der Waals surface area contributed by atoms with Crippen LogP contribution in [0.1, 0.15) is 48.9 Å². The summed E-state index contributed by atoms with van der Waals surface area (Å²) in [5.41, 5.74) is 2.48. The minimum atomic E-state index is -1.38. The summed E-state index contributed by atoms with van der Waals surface area (Å²) in [5, 5.41) is 2.96. The van der Waals surface area contributed by atoms with Gasteiger partial charge in [-0.3, -0.25) is 14.2 Å². The number of halogens is 2. The molecular formula is C31H30F2N4O3. The standard InChI is InChI=1S/C31H30F2N4O3/c1-31(13-14-31)22-12-11-20(15-23(22)33)28(19-7-3-2-4-8-19)35-29(39)26-16-21(32)17-36(26)27(38)18-37-25-10-6-5-9-24(25)34-30(37)40/h2-12,15,21,26,28H,13-14,16-18H2,1H3,(H,34,40)(H,35,39)/t21-,26+,28+/m1/s1. The van der Waals surface area contributed by atoms with Gasteiger partial charge in [0.05, 0.1) is 23.6 Å². The van der Waals surface area contributed by atoms with Crippen LogP contribution in [0.3, 0.4) is 0 Å². The van der Waals surface area contributed by atoms with Crippen LogP contribution < -0.4 is 11.0 Å². The number of imidazole rings is 1. The lowest BCUT2D eigenvalue weighted by molar-refractivity contribution is -0.139. The Morgan fingerprint density at radius 3 is 2.50 bits per heavy atom. The van der Waals surface area contributed by atoms with Crippen molar-refractivity contribution in [2.24, 2.45) is 0 Å². The molecule has 40 heavy (non-hydrogen) atoms. The Kier molecular flexibility index (Phi) is 6.52. The maximum Gasteiger partial charge on any atom is 0.326 e. The molecule has 1 aliphatic heterocycles. The molecule has 2 amide bonds. The number of fused-ring (bicyclic) bond motifs is 1. The predicted octanol–water partition coefficient (Wildman–Crippen LogP) is 4.37. The predicted molar refractivity (Wildman–Crippen MR) is 147 cm³/mol. The molecule has 3 aromatic carbocycles. The van der Waals surface area contributed by atoms with Gasteiger partial charge in [0.15, 0.2) is 0 Å². The molecule has 0 spiro atoms. The van der Waals surface area contributed by atoms with Crippen molar-refractivity contribution in [2.45, 2.75) is 56.4 Å². The van der Waals surface area contributed by atoms with E-state index in [4.69, 9.17) is 0 Å². The van der Waals surface area contributed by atoms with Crippen molar-refractivity contribution < 1.29 is 18.4 Å². The first-order valence-corrected chi connectivity index (χ1v) is 13.5. The van der Waals surface area contributed by atoms with Gasteiger partial charge in [0.1, 0.15) is 24.6 Å². The fraction of sp³-hybridized carbons (Fsp3) is 0.323. The number of alkyl halides is 1. The molecule has 206 valence electrons. The van der Waals surface area contributed by atoms with Crippen molar-refractivity contribution in [3.05, 3.63) is 106 Å². The Bertz CT molecular complexity index is 1640. The van der Waals surface area contributed by atoms with Crippen LogP contribution in [0, 0.1) is 5.82 Å². The minimum Gasteiger partial charge on any atom is -0.343 e. The summed E-state index contributed by atoms with van der Waals surface area (Å²) in [4.78, 5) is 43.4. The van der Waals surface area contributed by atoms with Crippen molar-refractivity contribution in [1.82, 2.24) is 19.8 Å². The monoisotopic (exact) mass is 544 g/mol. The first-order chi connectivity index (χ1) is 19.2. The van der Waals surface area contributed by atoms with Gasteiger partial charge in [-0.15, -0.1) is 0 Å². The van der Waals surface area contributed by atoms with Gasteiger partial charge in [-0.05, 0) is 53.1 Å². The third kappa shape index (κ3) is 4.80. The lowest BCUT2D eigenvalue weighted by atomic mass is 9.92. The summed E-state index contributed by atoms with van der Waals surface area (Å²) in [5.74, 6) is -1.39. The number of hydrogen-bond acceptors (Lipinski definition) is 3. The summed E-state index contributed by atoms with van der Waals surface area (Å²) in [6, 6.07) is 19.4. The Labute approximate surface area is 229 Å². The number of para-hydroxylation sites is 2. The third-order valence-corrected chi connectivity index (χ3v) is 8.24. The van der Waals surface area contributed by atoms with Crippen LogP contribution in [0.25, 0.3) is 11.0 Å². The quantitative estimate of drug-likeness (QED) is 0.362. The highest BCUT2D eigenvalue weighted by molar-refractivity contribution is 5.89. The molecule has 2 aliphatic rings. The van der Waals surface area contributed by atoms with Gasteiger partial charge in [-0.25, -0.2) is 13.6 Å². The highest BCUT2D eigenvalue weighted by Gasteiger charge is 2.42. The number of nitrogens with one attached hydrogen (secondary N) is 2. The zero-order valence-electron chi connectivity index (χ0n) is 22.1. The molecule has 0 unspecified atom stereocenters. The van der Waals surface area contributed by atoms with E-state index in [1.54, 1.807) is 30.3 Å². The van der Waals surface area contributed by atoms with Crippen molar-refractivity contribution in [1.29, 1.82) is 0 Å². The van der Waals surface area contributed by atoms with Gasteiger partial charge in [0.2, 0.25) is 11.8 Å². The number of H-pyrrole nitrogens is 1. The number of hydrogen-bond donors (Lipinski definition) is 2. The van der Waals surface area contributed by atoms with Crippen LogP contribution in [0.5, 0.6) is 0 Å². The van der Waals surface area contributed by atoms with Crippen molar-refractivity contribution in [3.8, 4) is 0 Å². The van der Waals surface area contributed by atoms with Gasteiger partial charge >= 0.3 is 5.69 Å². The minimum absolute atomic E-state index is 0.151. The van der Waals surface area contributed by atoms with Crippen LogP contribution in [0.2, 0.25) is 0 Å². The number of nitrogens with zero attached hydrogens (tertiary/aromatic N) is 2. The molecular weight excluding hydrogens is 514 g/mol. The number of carbonyl (C=O) groups is 2. The molecule has 1 aromatic heterocycles. The SMILES string of the molecule is CC1(c2ccc([C@@H](NC(=O)[C@@H]3C[C@@H](F)CN3C(=O)Cn3c(=O)[nH]c4ccccc43)c3ccccc3)cc2F)CC1. The van der Waals surface area contributed by atoms with E-state index in [0.717, 1.165) is 18.4 Å². The second-order valence-corrected chi connectivity index (χ2v) is 11.1. The fourth-order valence-electron chi connectivity index (χ4n) is 5.70. The van der Waals surface area contributed by atoms with Crippen LogP contribution in [0.4, 0.5) is 8.78 Å². The number of amides is 2. The van der Waals surface area contributed by atoms with Crippen molar-refractivity contribution >= 4 is 22.8 Å². The van der Waals surface area contributed by atoms with E-state index in [-0.39, 0.29) is 30.7 Å². The summed E-state index contributed by atoms with van der Waals surface area (Å²) in [6.45, 7) is 1.46. The molecule has 7 nitrogen and oxygen atoms in total. The van der Waals surface area contributed by atoms with Crippen molar-refractivity contribution in [3.63, 3.8) is 0 Å². The molecule has 1 aliphatic carbocycles. The molecule has 2 heterocycles. The number of carbonyl (C=O) groups excluding carboxylic acids is 2. The number of aromatic nitrogens is 2. The average molecular weight is 545 g/mol. The number of likely N-dealkylation sites (tertiary alicyclic amines) is 1. The maximum atomic E-state index is 15.2. The molecule has 2 fully saturated rings. The first-order valence-electron chi connectivity index (χ1n) is 13.5. The summed E-state index contributed by atoms with van der Waals surface area (Å²) in [7, 11) is 0. The Morgan fingerprint density at radius 1 is 1.05 bits per heavy atom. The summed E-state index contributed by atoms with van der Waals surface area (Å²) >= 11 is 0. The first kappa shape index (κ1) is 26.0. The Morgan fingerprint density at radius 2 is 1.77 bits per heavy atom. The molecule has 0 radical (unpaired) electrons. The molecule has 1 saturated carbocycles. The number of aromatic amines is 1. The molecule has 2 N–H and O–H groups in total. The normalized spacial score (nSPS) is 20.4. The zero-order chi connectivity index (χ0) is 28.0. The largest absolute Gasteiger partial charge is 0.343 e. The maximum absolute atomic E-state index is 15.2. The van der Waals surface area contributed by atoms with E-state index in [9.17, 15) is 18.8 Å². The zero-order valence-corrected chi connectivity index (χ0v) is 22.1. The second kappa shape index (κ2) is 10.0. The van der Waals surface area contributed by atoms with Gasteiger partial charge in [0, 0.05) is 6.42 Å². The van der Waals surface area contributed by atoms with Crippen LogP contribution in [-0.4, -0.2) is 45.0 Å². The van der Waals surface area contributed by atoms with E-state index >= 15 is 4.39 Å². The molecule has 4 aromatic rings.